The molecule has 10 heteroatoms. The summed E-state index contributed by atoms with van der Waals surface area (Å²) in [6.07, 6.45) is -2.62. The number of rotatable bonds is 7. The number of carbonyl (C=O) groups is 2. The number of hydrogen-bond acceptors (Lipinski definition) is 10. The fraction of sp³-hybridized carbons (Fsp3) is 0.583. The number of ether oxygens (including phenoxy) is 8. The highest BCUT2D eigenvalue weighted by atomic mass is 16.8. The van der Waals surface area contributed by atoms with E-state index in [0.29, 0.717) is 0 Å². The van der Waals surface area contributed by atoms with Crippen molar-refractivity contribution >= 4 is 12.3 Å². The van der Waals surface area contributed by atoms with Crippen LogP contribution in [-0.4, -0.2) is 69.4 Å². The van der Waals surface area contributed by atoms with Crippen molar-refractivity contribution in [2.75, 3.05) is 20.3 Å². The molecule has 1 saturated carbocycles. The molecule has 0 aromatic heterocycles. The van der Waals surface area contributed by atoms with Crippen LogP contribution in [0.1, 0.15) is 37.5 Å². The molecule has 6 atom stereocenters. The summed E-state index contributed by atoms with van der Waals surface area (Å²) in [4.78, 5) is 24.9. The Hall–Kier alpha value is -2.66. The normalized spacial score (nSPS) is 31.2. The third-order valence-corrected chi connectivity index (χ3v) is 5.94. The Morgan fingerprint density at radius 2 is 1.76 bits per heavy atom. The standard InChI is InChI=1S/C24H30O10/c1-3-13-28-23(25)33-19-18-17(14-29-21(32-18)15-9-5-4-6-10-15)31-22(27-2)20(19)34-24(26)30-16-11-7-8-12-16/h3-6,9-10,16-22H,1,7-8,11-14H2,2H3/t17-,18-,19+,20-,21?,22+/m1/s1. The third-order valence-electron chi connectivity index (χ3n) is 5.94. The quantitative estimate of drug-likeness (QED) is 0.426. The Kier molecular flexibility index (Phi) is 8.39. The van der Waals surface area contributed by atoms with Gasteiger partial charge in [0.2, 0.25) is 0 Å². The van der Waals surface area contributed by atoms with Crippen molar-refractivity contribution in [1.29, 1.82) is 0 Å². The first-order valence-electron chi connectivity index (χ1n) is 11.4. The maximum Gasteiger partial charge on any atom is 0.509 e. The SMILES string of the molecule is C=CCOC(=O)O[C@@H]1[C@@H](OC(=O)OC2CCCC2)[C@@H](OC)O[C@@H]2COC(c3ccccc3)O[C@@H]12. The van der Waals surface area contributed by atoms with Crippen molar-refractivity contribution in [2.24, 2.45) is 0 Å². The van der Waals surface area contributed by atoms with Crippen molar-refractivity contribution in [3.8, 4) is 0 Å². The lowest BCUT2D eigenvalue weighted by Crippen LogP contribution is -2.64. The van der Waals surface area contributed by atoms with Crippen LogP contribution in [-0.2, 0) is 37.9 Å². The lowest BCUT2D eigenvalue weighted by molar-refractivity contribution is -0.358. The second kappa shape index (κ2) is 11.7. The molecular weight excluding hydrogens is 448 g/mol. The summed E-state index contributed by atoms with van der Waals surface area (Å²) in [5.74, 6) is 0. The van der Waals surface area contributed by atoms with Gasteiger partial charge in [-0.1, -0.05) is 43.0 Å². The van der Waals surface area contributed by atoms with E-state index in [2.05, 4.69) is 6.58 Å². The molecule has 34 heavy (non-hydrogen) atoms. The van der Waals surface area contributed by atoms with Gasteiger partial charge in [0.15, 0.2) is 24.8 Å². The molecule has 10 nitrogen and oxygen atoms in total. The lowest BCUT2D eigenvalue weighted by Gasteiger charge is -2.47. The Morgan fingerprint density at radius 1 is 1.03 bits per heavy atom. The molecule has 3 fully saturated rings. The molecule has 186 valence electrons. The monoisotopic (exact) mass is 478 g/mol. The van der Waals surface area contributed by atoms with E-state index in [-0.39, 0.29) is 19.3 Å². The summed E-state index contributed by atoms with van der Waals surface area (Å²) in [5.41, 5.74) is 0.779. The molecule has 1 unspecified atom stereocenters. The summed E-state index contributed by atoms with van der Waals surface area (Å²) in [5, 5.41) is 0. The van der Waals surface area contributed by atoms with Crippen LogP contribution >= 0.6 is 0 Å². The van der Waals surface area contributed by atoms with Crippen molar-refractivity contribution in [1.82, 2.24) is 0 Å². The Labute approximate surface area is 198 Å². The molecule has 0 radical (unpaired) electrons. The Morgan fingerprint density at radius 3 is 2.47 bits per heavy atom. The fourth-order valence-electron chi connectivity index (χ4n) is 4.33. The molecular formula is C24H30O10. The van der Waals surface area contributed by atoms with Crippen molar-refractivity contribution in [2.45, 2.75) is 68.8 Å². The van der Waals surface area contributed by atoms with Crippen LogP contribution in [0, 0.1) is 0 Å². The van der Waals surface area contributed by atoms with Crippen LogP contribution in [0.5, 0.6) is 0 Å². The molecule has 1 aromatic carbocycles. The number of fused-ring (bicyclic) bond motifs is 1. The minimum Gasteiger partial charge on any atom is -0.431 e. The largest absolute Gasteiger partial charge is 0.509 e. The van der Waals surface area contributed by atoms with Crippen molar-refractivity contribution in [3.63, 3.8) is 0 Å². The first-order chi connectivity index (χ1) is 16.6. The Balaban J connectivity index is 1.54. The molecule has 4 rings (SSSR count). The van der Waals surface area contributed by atoms with E-state index in [0.717, 1.165) is 31.2 Å². The average Bonchev–Trinajstić information content (AvgIpc) is 3.37. The molecule has 0 bridgehead atoms. The van der Waals surface area contributed by atoms with E-state index in [1.807, 2.05) is 30.3 Å². The van der Waals surface area contributed by atoms with Crippen LogP contribution in [0.4, 0.5) is 9.59 Å². The van der Waals surface area contributed by atoms with E-state index in [4.69, 9.17) is 37.9 Å². The zero-order valence-corrected chi connectivity index (χ0v) is 19.0. The highest BCUT2D eigenvalue weighted by Crippen LogP contribution is 2.37. The molecule has 0 amide bonds. The molecule has 1 aliphatic carbocycles. The molecule has 2 heterocycles. The van der Waals surface area contributed by atoms with Gasteiger partial charge in [-0.3, -0.25) is 0 Å². The minimum absolute atomic E-state index is 0.0459. The topological polar surface area (TPSA) is 108 Å². The van der Waals surface area contributed by atoms with Gasteiger partial charge in [0, 0.05) is 12.7 Å². The van der Waals surface area contributed by atoms with Gasteiger partial charge in [-0.25, -0.2) is 9.59 Å². The van der Waals surface area contributed by atoms with Crippen molar-refractivity contribution in [3.05, 3.63) is 48.6 Å². The summed E-state index contributed by atoms with van der Waals surface area (Å²) in [7, 11) is 1.40. The van der Waals surface area contributed by atoms with E-state index >= 15 is 0 Å². The zero-order chi connectivity index (χ0) is 23.9. The molecule has 0 spiro atoms. The first kappa shape index (κ1) is 24.5. The summed E-state index contributed by atoms with van der Waals surface area (Å²) in [6.45, 7) is 3.61. The van der Waals surface area contributed by atoms with Crippen LogP contribution < -0.4 is 0 Å². The molecule has 1 aromatic rings. The summed E-state index contributed by atoms with van der Waals surface area (Å²) in [6, 6.07) is 9.31. The van der Waals surface area contributed by atoms with Gasteiger partial charge in [0.25, 0.3) is 0 Å². The molecule has 2 aliphatic heterocycles. The van der Waals surface area contributed by atoms with Gasteiger partial charge < -0.3 is 37.9 Å². The highest BCUT2D eigenvalue weighted by Gasteiger charge is 2.54. The molecule has 3 aliphatic rings. The van der Waals surface area contributed by atoms with Gasteiger partial charge in [-0.2, -0.15) is 0 Å². The predicted octanol–water partition coefficient (Wildman–Crippen LogP) is 3.64. The van der Waals surface area contributed by atoms with Crippen LogP contribution in [0.15, 0.2) is 43.0 Å². The van der Waals surface area contributed by atoms with E-state index in [9.17, 15) is 9.59 Å². The van der Waals surface area contributed by atoms with Gasteiger partial charge >= 0.3 is 12.3 Å². The maximum atomic E-state index is 12.6. The highest BCUT2D eigenvalue weighted by molar-refractivity contribution is 5.62. The summed E-state index contributed by atoms with van der Waals surface area (Å²) >= 11 is 0. The van der Waals surface area contributed by atoms with Gasteiger partial charge in [0.05, 0.1) is 6.61 Å². The number of methoxy groups -OCH3 is 1. The third kappa shape index (κ3) is 5.87. The van der Waals surface area contributed by atoms with Crippen LogP contribution in [0.25, 0.3) is 0 Å². The molecule has 0 N–H and O–H groups in total. The predicted molar refractivity (Wildman–Crippen MR) is 116 cm³/mol. The maximum absolute atomic E-state index is 12.6. The smallest absolute Gasteiger partial charge is 0.431 e. The number of benzene rings is 1. The van der Waals surface area contributed by atoms with Gasteiger partial charge in [0.1, 0.15) is 24.9 Å². The van der Waals surface area contributed by atoms with Crippen LogP contribution in [0.3, 0.4) is 0 Å². The van der Waals surface area contributed by atoms with Crippen LogP contribution in [0.2, 0.25) is 0 Å². The fourth-order valence-corrected chi connectivity index (χ4v) is 4.33. The zero-order valence-electron chi connectivity index (χ0n) is 19.0. The van der Waals surface area contributed by atoms with Crippen molar-refractivity contribution < 1.29 is 47.5 Å². The second-order valence-electron chi connectivity index (χ2n) is 8.24. The first-order valence-corrected chi connectivity index (χ1v) is 11.4. The van der Waals surface area contributed by atoms with E-state index in [1.54, 1.807) is 0 Å². The number of hydrogen-bond donors (Lipinski definition) is 0. The van der Waals surface area contributed by atoms with E-state index < -0.39 is 49.3 Å². The average molecular weight is 478 g/mol. The van der Waals surface area contributed by atoms with Gasteiger partial charge in [-0.05, 0) is 25.7 Å². The lowest BCUT2D eigenvalue weighted by atomic mass is 9.97. The minimum atomic E-state index is -1.16. The van der Waals surface area contributed by atoms with E-state index in [1.165, 1.54) is 13.2 Å². The second-order valence-corrected chi connectivity index (χ2v) is 8.24. The molecule has 2 saturated heterocycles. The van der Waals surface area contributed by atoms with Gasteiger partial charge in [-0.15, -0.1) is 0 Å². The number of carbonyl (C=O) groups excluding carboxylic acids is 2. The summed E-state index contributed by atoms with van der Waals surface area (Å²) < 4.78 is 44.9. The Bertz CT molecular complexity index is 824.